The fourth-order valence-electron chi connectivity index (χ4n) is 3.97. The molecule has 2 aromatic carbocycles. The topological polar surface area (TPSA) is 89.2 Å². The largest absolute Gasteiger partial charge is 0.503 e. The van der Waals surface area contributed by atoms with Crippen LogP contribution < -0.4 is 9.47 Å². The molecule has 1 aliphatic rings. The van der Waals surface area contributed by atoms with Crippen LogP contribution in [-0.2, 0) is 11.2 Å². The number of furan rings is 1. The minimum atomic E-state index is -0.967. The van der Waals surface area contributed by atoms with E-state index in [1.165, 1.54) is 55.7 Å². The number of hydrogen-bond donors (Lipinski definition) is 1. The number of amides is 1. The number of benzene rings is 2. The predicted molar refractivity (Wildman–Crippen MR) is 117 cm³/mol. The van der Waals surface area contributed by atoms with Crippen LogP contribution in [0.15, 0.2) is 76.6 Å². The number of halogens is 1. The Balaban J connectivity index is 1.68. The Labute approximate surface area is 189 Å². The number of Topliss-reactive ketones (excluding diaryl/α,β-unsaturated/α-hetero) is 1. The second-order valence-corrected chi connectivity index (χ2v) is 7.46. The first-order valence-corrected chi connectivity index (χ1v) is 10.2. The molecule has 1 amide bonds. The Morgan fingerprint density at radius 2 is 1.88 bits per heavy atom. The molecule has 170 valence electrons. The summed E-state index contributed by atoms with van der Waals surface area (Å²) >= 11 is 0. The first-order chi connectivity index (χ1) is 15.9. The minimum Gasteiger partial charge on any atom is -0.503 e. The number of methoxy groups -OCH3 is 2. The summed E-state index contributed by atoms with van der Waals surface area (Å²) in [6, 6.07) is 13.0. The molecule has 1 aliphatic heterocycles. The monoisotopic (exact) mass is 451 g/mol. The van der Waals surface area contributed by atoms with Crippen molar-refractivity contribution in [2.45, 2.75) is 12.5 Å². The molecule has 7 nitrogen and oxygen atoms in total. The van der Waals surface area contributed by atoms with Gasteiger partial charge in [-0.25, -0.2) is 4.39 Å². The van der Waals surface area contributed by atoms with E-state index < -0.39 is 29.3 Å². The molecule has 2 heterocycles. The van der Waals surface area contributed by atoms with Gasteiger partial charge in [-0.3, -0.25) is 9.59 Å². The number of carbonyl (C=O) groups excluding carboxylic acids is 2. The lowest BCUT2D eigenvalue weighted by molar-refractivity contribution is -0.129. The zero-order valence-electron chi connectivity index (χ0n) is 18.1. The Morgan fingerprint density at radius 3 is 2.55 bits per heavy atom. The standard InChI is InChI=1S/C25H22FNO6/c1-31-18-9-8-15(13-20(18)32-2)10-11-27-22(16-5-3-6-17(26)14-16)21(24(29)25(27)30)23(28)19-7-4-12-33-19/h3-9,12-14,22,29H,10-11H2,1-2H3/t22-/m1/s1. The maximum atomic E-state index is 14.0. The fourth-order valence-corrected chi connectivity index (χ4v) is 3.97. The number of rotatable bonds is 8. The summed E-state index contributed by atoms with van der Waals surface area (Å²) in [6.07, 6.45) is 1.72. The van der Waals surface area contributed by atoms with Crippen molar-refractivity contribution in [3.63, 3.8) is 0 Å². The number of ketones is 1. The minimum absolute atomic E-state index is 0.0208. The van der Waals surface area contributed by atoms with E-state index >= 15 is 0 Å². The molecule has 0 saturated carbocycles. The lowest BCUT2D eigenvalue weighted by atomic mass is 9.95. The first-order valence-electron chi connectivity index (χ1n) is 10.2. The third-order valence-electron chi connectivity index (χ3n) is 5.55. The molecule has 33 heavy (non-hydrogen) atoms. The summed E-state index contributed by atoms with van der Waals surface area (Å²) in [4.78, 5) is 27.4. The number of hydrogen-bond acceptors (Lipinski definition) is 6. The first kappa shape index (κ1) is 22.1. The molecule has 0 spiro atoms. The third kappa shape index (κ3) is 4.19. The van der Waals surface area contributed by atoms with Crippen molar-refractivity contribution in [2.24, 2.45) is 0 Å². The van der Waals surface area contributed by atoms with Crippen LogP contribution in [0, 0.1) is 5.82 Å². The SMILES string of the molecule is COc1ccc(CCN2C(=O)C(O)=C(C(=O)c3ccco3)[C@H]2c2cccc(F)c2)cc1OC. The molecule has 0 bridgehead atoms. The molecule has 1 atom stereocenters. The molecule has 4 rings (SSSR count). The summed E-state index contributed by atoms with van der Waals surface area (Å²) in [5, 5.41) is 10.6. The van der Waals surface area contributed by atoms with Crippen molar-refractivity contribution < 1.29 is 33.0 Å². The summed E-state index contributed by atoms with van der Waals surface area (Å²) in [5.74, 6) is -1.43. The van der Waals surface area contributed by atoms with E-state index in [2.05, 4.69) is 0 Å². The molecule has 0 saturated heterocycles. The highest BCUT2D eigenvalue weighted by Crippen LogP contribution is 2.39. The van der Waals surface area contributed by atoms with Gasteiger partial charge in [0.2, 0.25) is 5.78 Å². The van der Waals surface area contributed by atoms with Crippen molar-refractivity contribution in [1.29, 1.82) is 0 Å². The van der Waals surface area contributed by atoms with Gasteiger partial charge >= 0.3 is 0 Å². The van der Waals surface area contributed by atoms with Gasteiger partial charge in [0.15, 0.2) is 23.0 Å². The molecule has 3 aromatic rings. The van der Waals surface area contributed by atoms with Crippen LogP contribution in [0.25, 0.3) is 0 Å². The molecule has 8 heteroatoms. The molecule has 1 aromatic heterocycles. The van der Waals surface area contributed by atoms with Gasteiger partial charge in [0.1, 0.15) is 5.82 Å². The van der Waals surface area contributed by atoms with E-state index in [-0.39, 0.29) is 17.9 Å². The van der Waals surface area contributed by atoms with Gasteiger partial charge in [0, 0.05) is 6.54 Å². The fraction of sp³-hybridized carbons (Fsp3) is 0.200. The van der Waals surface area contributed by atoms with Gasteiger partial charge < -0.3 is 23.9 Å². The van der Waals surface area contributed by atoms with Crippen molar-refractivity contribution in [2.75, 3.05) is 20.8 Å². The second kappa shape index (κ2) is 9.20. The van der Waals surface area contributed by atoms with Crippen molar-refractivity contribution in [1.82, 2.24) is 4.90 Å². The lowest BCUT2D eigenvalue weighted by Crippen LogP contribution is -2.33. The Morgan fingerprint density at radius 1 is 1.09 bits per heavy atom. The van der Waals surface area contributed by atoms with E-state index in [1.54, 1.807) is 18.2 Å². The Hall–Kier alpha value is -4.07. The maximum absolute atomic E-state index is 14.0. The molecule has 0 unspecified atom stereocenters. The van der Waals surface area contributed by atoms with E-state index in [0.717, 1.165) is 5.56 Å². The molecular formula is C25H22FNO6. The van der Waals surface area contributed by atoms with Gasteiger partial charge in [0.25, 0.3) is 5.91 Å². The van der Waals surface area contributed by atoms with E-state index in [0.29, 0.717) is 23.5 Å². The normalized spacial score (nSPS) is 15.8. The highest BCUT2D eigenvalue weighted by Gasteiger charge is 2.44. The lowest BCUT2D eigenvalue weighted by Gasteiger charge is -2.27. The van der Waals surface area contributed by atoms with E-state index in [4.69, 9.17) is 13.9 Å². The van der Waals surface area contributed by atoms with Crippen LogP contribution in [-0.4, -0.2) is 42.5 Å². The molecular weight excluding hydrogens is 429 g/mol. The van der Waals surface area contributed by atoms with Crippen molar-refractivity contribution >= 4 is 11.7 Å². The van der Waals surface area contributed by atoms with Crippen LogP contribution in [0.2, 0.25) is 0 Å². The summed E-state index contributed by atoms with van der Waals surface area (Å²) in [6.45, 7) is 0.161. The molecule has 1 N–H and O–H groups in total. The smallest absolute Gasteiger partial charge is 0.290 e. The van der Waals surface area contributed by atoms with Crippen molar-refractivity contribution in [3.05, 3.63) is 94.9 Å². The number of carbonyl (C=O) groups is 2. The van der Waals surface area contributed by atoms with Crippen LogP contribution in [0.5, 0.6) is 11.5 Å². The third-order valence-corrected chi connectivity index (χ3v) is 5.55. The Kier molecular flexibility index (Phi) is 6.17. The molecule has 0 fully saturated rings. The van der Waals surface area contributed by atoms with Crippen LogP contribution >= 0.6 is 0 Å². The highest BCUT2D eigenvalue weighted by molar-refractivity contribution is 6.15. The quantitative estimate of drug-likeness (QED) is 0.515. The summed E-state index contributed by atoms with van der Waals surface area (Å²) in [7, 11) is 3.07. The van der Waals surface area contributed by atoms with Gasteiger partial charge in [-0.2, -0.15) is 0 Å². The van der Waals surface area contributed by atoms with Gasteiger partial charge in [-0.15, -0.1) is 0 Å². The van der Waals surface area contributed by atoms with Crippen LogP contribution in [0.4, 0.5) is 4.39 Å². The molecule has 0 radical (unpaired) electrons. The number of ether oxygens (including phenoxy) is 2. The van der Waals surface area contributed by atoms with Crippen LogP contribution in [0.3, 0.4) is 0 Å². The van der Waals surface area contributed by atoms with Crippen molar-refractivity contribution in [3.8, 4) is 11.5 Å². The maximum Gasteiger partial charge on any atom is 0.290 e. The van der Waals surface area contributed by atoms with E-state index in [9.17, 15) is 19.1 Å². The average Bonchev–Trinajstić information content (AvgIpc) is 3.45. The van der Waals surface area contributed by atoms with Crippen LogP contribution in [0.1, 0.15) is 27.7 Å². The van der Waals surface area contributed by atoms with Gasteiger partial charge in [0.05, 0.1) is 32.1 Å². The molecule has 0 aliphatic carbocycles. The zero-order chi connectivity index (χ0) is 23.5. The summed E-state index contributed by atoms with van der Waals surface area (Å²) < 4.78 is 29.8. The number of aliphatic hydroxyl groups is 1. The average molecular weight is 451 g/mol. The number of aliphatic hydroxyl groups excluding tert-OH is 1. The van der Waals surface area contributed by atoms with Gasteiger partial charge in [-0.1, -0.05) is 18.2 Å². The highest BCUT2D eigenvalue weighted by atomic mass is 19.1. The van der Waals surface area contributed by atoms with Gasteiger partial charge in [-0.05, 0) is 53.9 Å². The Bertz CT molecular complexity index is 1220. The number of nitrogens with zero attached hydrogens (tertiary/aromatic N) is 1. The second-order valence-electron chi connectivity index (χ2n) is 7.46. The van der Waals surface area contributed by atoms with E-state index in [1.807, 2.05) is 6.07 Å². The summed E-state index contributed by atoms with van der Waals surface area (Å²) in [5.41, 5.74) is 1.08. The zero-order valence-corrected chi connectivity index (χ0v) is 18.1. The predicted octanol–water partition coefficient (Wildman–Crippen LogP) is 4.26.